The first-order valence-electron chi connectivity index (χ1n) is 9.03. The minimum Gasteiger partial charge on any atom is -0.482 e. The van der Waals surface area contributed by atoms with E-state index in [-0.39, 0.29) is 6.61 Å². The maximum absolute atomic E-state index is 12.3. The molecule has 5 nitrogen and oxygen atoms in total. The van der Waals surface area contributed by atoms with Gasteiger partial charge in [0.15, 0.2) is 12.2 Å². The Morgan fingerprint density at radius 2 is 1.59 bits per heavy atom. The molecular weight excluding hydrogens is 388 g/mol. The maximum atomic E-state index is 12.3. The highest BCUT2D eigenvalue weighted by molar-refractivity contribution is 7.16. The Morgan fingerprint density at radius 1 is 0.931 bits per heavy atom. The number of ether oxygens (including phenoxy) is 2. The van der Waals surface area contributed by atoms with Crippen LogP contribution < -0.4 is 14.4 Å². The van der Waals surface area contributed by atoms with Crippen molar-refractivity contribution in [3.05, 3.63) is 81.5 Å². The summed E-state index contributed by atoms with van der Waals surface area (Å²) in [5.74, 6) is 0.398. The molecule has 146 valence electrons. The van der Waals surface area contributed by atoms with E-state index in [2.05, 4.69) is 0 Å². The Labute approximate surface area is 171 Å². The molecule has 1 heterocycles. The zero-order valence-corrected chi connectivity index (χ0v) is 16.7. The zero-order valence-electron chi connectivity index (χ0n) is 15.9. The van der Waals surface area contributed by atoms with Crippen LogP contribution in [0.1, 0.15) is 11.1 Å². The number of esters is 1. The first-order chi connectivity index (χ1) is 14.0. The molecule has 0 aliphatic heterocycles. The Hall–Kier alpha value is -3.38. The predicted molar refractivity (Wildman–Crippen MR) is 113 cm³/mol. The molecular formula is C23H18O5S. The first kappa shape index (κ1) is 19.0. The van der Waals surface area contributed by atoms with Gasteiger partial charge in [-0.15, -0.1) is 0 Å². The fraction of sp³-hybridized carbons (Fsp3) is 0.130. The molecule has 0 saturated carbocycles. The molecule has 0 radical (unpaired) electrons. The number of benzene rings is 3. The molecule has 0 spiro atoms. The quantitative estimate of drug-likeness (QED) is 0.340. The number of rotatable bonds is 5. The van der Waals surface area contributed by atoms with Crippen molar-refractivity contribution in [1.82, 2.24) is 0 Å². The maximum Gasteiger partial charge on any atom is 0.396 e. The largest absolute Gasteiger partial charge is 0.482 e. The summed E-state index contributed by atoms with van der Waals surface area (Å²) in [6.07, 6.45) is 0. The third kappa shape index (κ3) is 4.38. The molecule has 0 unspecified atom stereocenters. The lowest BCUT2D eigenvalue weighted by Gasteiger charge is -2.09. The van der Waals surface area contributed by atoms with Crippen molar-refractivity contribution < 1.29 is 18.7 Å². The van der Waals surface area contributed by atoms with Crippen LogP contribution in [0.15, 0.2) is 69.9 Å². The van der Waals surface area contributed by atoms with Gasteiger partial charge in [-0.25, -0.2) is 9.59 Å². The van der Waals surface area contributed by atoms with Crippen molar-refractivity contribution in [1.29, 1.82) is 0 Å². The van der Waals surface area contributed by atoms with Gasteiger partial charge in [0.05, 0.1) is 4.70 Å². The van der Waals surface area contributed by atoms with Crippen LogP contribution in [0.3, 0.4) is 0 Å². The van der Waals surface area contributed by atoms with Crippen LogP contribution in [0.2, 0.25) is 0 Å². The molecule has 0 aliphatic carbocycles. The van der Waals surface area contributed by atoms with Gasteiger partial charge in [0.1, 0.15) is 11.5 Å². The van der Waals surface area contributed by atoms with E-state index in [4.69, 9.17) is 13.9 Å². The summed E-state index contributed by atoms with van der Waals surface area (Å²) in [6.45, 7) is 3.75. The third-order valence-corrected chi connectivity index (χ3v) is 5.15. The van der Waals surface area contributed by atoms with Gasteiger partial charge in [-0.05, 0) is 37.6 Å². The van der Waals surface area contributed by atoms with E-state index in [1.54, 1.807) is 24.3 Å². The Balaban J connectivity index is 1.58. The lowest BCUT2D eigenvalue weighted by atomic mass is 10.0. The van der Waals surface area contributed by atoms with Gasteiger partial charge in [0, 0.05) is 11.6 Å². The zero-order chi connectivity index (χ0) is 20.4. The van der Waals surface area contributed by atoms with Crippen molar-refractivity contribution >= 4 is 27.6 Å². The highest BCUT2D eigenvalue weighted by Gasteiger charge is 2.15. The molecule has 1 aromatic heterocycles. The SMILES string of the molecule is Cc1ccc(OCC(=O)Oc2cc(-c3ccc(C)cc3)c3oc(=O)sc3c2)cc1. The fourth-order valence-corrected chi connectivity index (χ4v) is 3.62. The highest BCUT2D eigenvalue weighted by atomic mass is 32.1. The van der Waals surface area contributed by atoms with Crippen LogP contribution in [0, 0.1) is 13.8 Å². The van der Waals surface area contributed by atoms with Crippen LogP contribution in [-0.4, -0.2) is 12.6 Å². The van der Waals surface area contributed by atoms with E-state index in [0.717, 1.165) is 28.0 Å². The van der Waals surface area contributed by atoms with Gasteiger partial charge < -0.3 is 13.9 Å². The van der Waals surface area contributed by atoms with Gasteiger partial charge >= 0.3 is 10.9 Å². The Bertz CT molecular complexity index is 1220. The van der Waals surface area contributed by atoms with Crippen molar-refractivity contribution in [3.63, 3.8) is 0 Å². The molecule has 0 fully saturated rings. The molecule has 0 aliphatic rings. The van der Waals surface area contributed by atoms with E-state index in [1.807, 2.05) is 50.2 Å². The van der Waals surface area contributed by atoms with Crippen molar-refractivity contribution in [2.75, 3.05) is 6.61 Å². The van der Waals surface area contributed by atoms with Crippen LogP contribution in [0.4, 0.5) is 0 Å². The van der Waals surface area contributed by atoms with Crippen LogP contribution in [0.5, 0.6) is 11.5 Å². The summed E-state index contributed by atoms with van der Waals surface area (Å²) in [7, 11) is 0. The molecule has 3 aromatic carbocycles. The van der Waals surface area contributed by atoms with E-state index in [9.17, 15) is 9.59 Å². The number of fused-ring (bicyclic) bond motifs is 1. The average Bonchev–Trinajstić information content (AvgIpc) is 3.08. The van der Waals surface area contributed by atoms with Crippen molar-refractivity contribution in [2.45, 2.75) is 13.8 Å². The summed E-state index contributed by atoms with van der Waals surface area (Å²) in [5.41, 5.74) is 4.28. The van der Waals surface area contributed by atoms with E-state index in [0.29, 0.717) is 27.3 Å². The molecule has 4 aromatic rings. The summed E-state index contributed by atoms with van der Waals surface area (Å²) in [4.78, 5) is 23.6. The van der Waals surface area contributed by atoms with E-state index in [1.165, 1.54) is 0 Å². The molecule has 0 saturated heterocycles. The smallest absolute Gasteiger partial charge is 0.396 e. The van der Waals surface area contributed by atoms with Gasteiger partial charge in [-0.2, -0.15) is 0 Å². The minimum absolute atomic E-state index is 0.220. The van der Waals surface area contributed by atoms with Crippen LogP contribution in [-0.2, 0) is 4.79 Å². The summed E-state index contributed by atoms with van der Waals surface area (Å²) in [5, 5.41) is 0. The number of hydrogen-bond acceptors (Lipinski definition) is 6. The van der Waals surface area contributed by atoms with Crippen LogP contribution in [0.25, 0.3) is 21.4 Å². The average molecular weight is 406 g/mol. The van der Waals surface area contributed by atoms with E-state index >= 15 is 0 Å². The van der Waals surface area contributed by atoms with Crippen molar-refractivity contribution in [3.8, 4) is 22.6 Å². The molecule has 4 rings (SSSR count). The van der Waals surface area contributed by atoms with Crippen LogP contribution >= 0.6 is 11.3 Å². The van der Waals surface area contributed by atoms with Gasteiger partial charge in [-0.3, -0.25) is 0 Å². The van der Waals surface area contributed by atoms with Gasteiger partial charge in [0.25, 0.3) is 0 Å². The molecule has 0 bridgehead atoms. The second-order valence-corrected chi connectivity index (χ2v) is 7.67. The highest BCUT2D eigenvalue weighted by Crippen LogP contribution is 2.34. The molecule has 0 N–H and O–H groups in total. The number of aryl methyl sites for hydroxylation is 2. The summed E-state index contributed by atoms with van der Waals surface area (Å²) in [6, 6.07) is 18.6. The molecule has 6 heteroatoms. The standard InChI is InChI=1S/C23H18O5S/c1-14-3-7-16(8-4-14)19-11-18(12-20-22(19)28-23(25)29-20)27-21(24)13-26-17-9-5-15(2)6-10-17/h3-12H,13H2,1-2H3. The number of hydrogen-bond donors (Lipinski definition) is 0. The lowest BCUT2D eigenvalue weighted by molar-refractivity contribution is -0.136. The monoisotopic (exact) mass is 406 g/mol. The molecule has 0 atom stereocenters. The second-order valence-electron chi connectivity index (χ2n) is 6.69. The molecule has 29 heavy (non-hydrogen) atoms. The Morgan fingerprint density at radius 3 is 2.28 bits per heavy atom. The molecule has 0 amide bonds. The van der Waals surface area contributed by atoms with Gasteiger partial charge in [0.2, 0.25) is 0 Å². The number of carbonyl (C=O) groups is 1. The lowest BCUT2D eigenvalue weighted by Crippen LogP contribution is -2.17. The second kappa shape index (κ2) is 7.93. The fourth-order valence-electron chi connectivity index (χ4n) is 2.90. The predicted octanol–water partition coefficient (Wildman–Crippen LogP) is 5.12. The van der Waals surface area contributed by atoms with E-state index < -0.39 is 10.9 Å². The topological polar surface area (TPSA) is 65.7 Å². The van der Waals surface area contributed by atoms with Gasteiger partial charge in [-0.1, -0.05) is 58.9 Å². The Kier molecular flexibility index (Phi) is 5.18. The van der Waals surface area contributed by atoms with Crippen molar-refractivity contribution in [2.24, 2.45) is 0 Å². The first-order valence-corrected chi connectivity index (χ1v) is 9.84. The number of carbonyl (C=O) groups excluding carboxylic acids is 1. The minimum atomic E-state index is -0.532. The normalized spacial score (nSPS) is 10.8. The summed E-state index contributed by atoms with van der Waals surface area (Å²) >= 11 is 0.972. The third-order valence-electron chi connectivity index (χ3n) is 4.38. The summed E-state index contributed by atoms with van der Waals surface area (Å²) < 4.78 is 16.9.